The molecule has 0 aliphatic carbocycles. The lowest BCUT2D eigenvalue weighted by Crippen LogP contribution is -2.41. The van der Waals surface area contributed by atoms with E-state index in [0.29, 0.717) is 12.1 Å². The molecule has 14 heteroatoms. The monoisotopic (exact) mass is 503 g/mol. The van der Waals surface area contributed by atoms with E-state index < -0.39 is 11.8 Å². The SMILES string of the molecule is CN(C)c1ccc(N(C)N(CC(N)=O)N=O)cc1.CN(c1ccccc1CCO)N(CC(N)=O)N=O. The maximum atomic E-state index is 10.8. The average Bonchev–Trinajstić information content (AvgIpc) is 2.85. The molecule has 0 radical (unpaired) electrons. The van der Waals surface area contributed by atoms with Gasteiger partial charge < -0.3 is 21.5 Å². The van der Waals surface area contributed by atoms with Crippen LogP contribution in [0.4, 0.5) is 17.1 Å². The van der Waals surface area contributed by atoms with Crippen LogP contribution in [-0.4, -0.2) is 75.0 Å². The molecule has 36 heavy (non-hydrogen) atoms. The summed E-state index contributed by atoms with van der Waals surface area (Å²) in [5.74, 6) is -1.27. The molecule has 0 fully saturated rings. The number of aliphatic hydroxyl groups is 1. The third-order valence-corrected chi connectivity index (χ3v) is 4.94. The lowest BCUT2D eigenvalue weighted by molar-refractivity contribution is -0.120. The molecule has 196 valence electrons. The van der Waals surface area contributed by atoms with Crippen LogP contribution in [0.3, 0.4) is 0 Å². The van der Waals surface area contributed by atoms with Gasteiger partial charge >= 0.3 is 0 Å². The fourth-order valence-corrected chi connectivity index (χ4v) is 3.04. The van der Waals surface area contributed by atoms with E-state index in [4.69, 9.17) is 16.6 Å². The second kappa shape index (κ2) is 14.7. The van der Waals surface area contributed by atoms with Crippen molar-refractivity contribution >= 4 is 28.9 Å². The Kier molecular flexibility index (Phi) is 12.1. The Hall–Kier alpha value is -4.46. The summed E-state index contributed by atoms with van der Waals surface area (Å²) in [5, 5.41) is 19.3. The lowest BCUT2D eigenvalue weighted by Gasteiger charge is -2.28. The molecule has 0 atom stereocenters. The maximum absolute atomic E-state index is 10.8. The van der Waals surface area contributed by atoms with Crippen LogP contribution in [0.5, 0.6) is 0 Å². The van der Waals surface area contributed by atoms with Crippen LogP contribution in [0.15, 0.2) is 59.1 Å². The zero-order valence-electron chi connectivity index (χ0n) is 20.8. The van der Waals surface area contributed by atoms with Gasteiger partial charge in [0.2, 0.25) is 11.8 Å². The first-order valence-corrected chi connectivity index (χ1v) is 10.8. The smallest absolute Gasteiger partial charge is 0.241 e. The molecule has 0 heterocycles. The van der Waals surface area contributed by atoms with E-state index in [0.717, 1.165) is 27.2 Å². The molecule has 0 unspecified atom stereocenters. The van der Waals surface area contributed by atoms with E-state index in [1.807, 2.05) is 55.4 Å². The number of carbonyl (C=O) groups excluding carboxylic acids is 2. The highest BCUT2D eigenvalue weighted by Gasteiger charge is 2.16. The Morgan fingerprint density at radius 3 is 1.69 bits per heavy atom. The Labute approximate surface area is 209 Å². The number of nitrogens with two attached hydrogens (primary N) is 2. The standard InChI is InChI=1S/C11H17N5O2.C11H16N4O3/c1-14(2)9-4-6-10(7-5-9)15(3)16(13-18)8-11(12)17;1-14(15(13-18)8-11(12)17)10-5-3-2-4-9(10)6-7-16/h4-7H,8H2,1-3H3,(H2,12,17);2-5,16H,6-8H2,1H3,(H2,12,17). The molecule has 2 amide bonds. The summed E-state index contributed by atoms with van der Waals surface area (Å²) in [7, 11) is 7.10. The van der Waals surface area contributed by atoms with E-state index in [-0.39, 0.29) is 19.7 Å². The Bertz CT molecular complexity index is 1000. The van der Waals surface area contributed by atoms with Crippen molar-refractivity contribution < 1.29 is 14.7 Å². The highest BCUT2D eigenvalue weighted by molar-refractivity contribution is 5.76. The molecule has 0 aliphatic rings. The zero-order chi connectivity index (χ0) is 27.3. The molecule has 0 aliphatic heterocycles. The number of carbonyl (C=O) groups is 2. The number of para-hydroxylation sites is 1. The normalized spacial score (nSPS) is 9.81. The van der Waals surface area contributed by atoms with Gasteiger partial charge in [-0.3, -0.25) is 19.6 Å². The van der Waals surface area contributed by atoms with E-state index in [2.05, 4.69) is 10.6 Å². The number of aliphatic hydroxyl groups excluding tert-OH is 1. The van der Waals surface area contributed by atoms with Crippen molar-refractivity contribution in [3.63, 3.8) is 0 Å². The van der Waals surface area contributed by atoms with Crippen LogP contribution in [0.1, 0.15) is 5.56 Å². The van der Waals surface area contributed by atoms with Gasteiger partial charge in [0, 0.05) is 40.5 Å². The Morgan fingerprint density at radius 2 is 1.25 bits per heavy atom. The zero-order valence-corrected chi connectivity index (χ0v) is 20.8. The predicted octanol–water partition coefficient (Wildman–Crippen LogP) is 0.614. The molecule has 0 saturated heterocycles. The van der Waals surface area contributed by atoms with Crippen LogP contribution < -0.4 is 26.4 Å². The van der Waals surface area contributed by atoms with Crippen molar-refractivity contribution in [2.45, 2.75) is 6.42 Å². The number of benzene rings is 2. The van der Waals surface area contributed by atoms with Gasteiger partial charge in [-0.2, -0.15) is 10.2 Å². The number of primary amides is 2. The Morgan fingerprint density at radius 1 is 0.778 bits per heavy atom. The second-order valence-electron chi connectivity index (χ2n) is 7.72. The average molecular weight is 504 g/mol. The van der Waals surface area contributed by atoms with Crippen molar-refractivity contribution in [1.29, 1.82) is 0 Å². The largest absolute Gasteiger partial charge is 0.396 e. The quantitative estimate of drug-likeness (QED) is 0.259. The third kappa shape index (κ3) is 9.06. The molecule has 14 nitrogen and oxygen atoms in total. The Balaban J connectivity index is 0.000000360. The van der Waals surface area contributed by atoms with Crippen LogP contribution in [-0.2, 0) is 16.0 Å². The van der Waals surface area contributed by atoms with Gasteiger partial charge in [0.25, 0.3) is 0 Å². The highest BCUT2D eigenvalue weighted by atomic mass is 16.3. The van der Waals surface area contributed by atoms with Gasteiger partial charge in [-0.1, -0.05) is 18.2 Å². The molecule has 2 aromatic carbocycles. The van der Waals surface area contributed by atoms with Crippen LogP contribution in [0.25, 0.3) is 0 Å². The van der Waals surface area contributed by atoms with Crippen LogP contribution in [0, 0.1) is 9.81 Å². The number of nitroso groups, excluding NO2 is 2. The van der Waals surface area contributed by atoms with Crippen molar-refractivity contribution in [3.8, 4) is 0 Å². The summed E-state index contributed by atoms with van der Waals surface area (Å²) in [6, 6.07) is 14.7. The van der Waals surface area contributed by atoms with Gasteiger partial charge in [-0.25, -0.2) is 0 Å². The summed E-state index contributed by atoms with van der Waals surface area (Å²) in [5.41, 5.74) is 13.4. The molecule has 2 rings (SSSR count). The minimum Gasteiger partial charge on any atom is -0.396 e. The molecule has 0 saturated carbocycles. The molecule has 0 aromatic heterocycles. The first-order valence-electron chi connectivity index (χ1n) is 10.8. The van der Waals surface area contributed by atoms with Crippen molar-refractivity contribution in [3.05, 3.63) is 63.9 Å². The third-order valence-electron chi connectivity index (χ3n) is 4.94. The minimum absolute atomic E-state index is 0.00477. The number of nitrogens with zero attached hydrogens (tertiary/aromatic N) is 7. The van der Waals surface area contributed by atoms with Crippen LogP contribution in [0.2, 0.25) is 0 Å². The molecule has 0 spiro atoms. The number of hydrazine groups is 2. The van der Waals surface area contributed by atoms with E-state index in [9.17, 15) is 19.4 Å². The van der Waals surface area contributed by atoms with Crippen molar-refractivity contribution in [1.82, 2.24) is 10.2 Å². The van der Waals surface area contributed by atoms with Crippen molar-refractivity contribution in [2.75, 3.05) is 62.8 Å². The fraction of sp³-hybridized carbons (Fsp3) is 0.364. The van der Waals surface area contributed by atoms with E-state index in [1.54, 1.807) is 26.2 Å². The van der Waals surface area contributed by atoms with Gasteiger partial charge in [0.15, 0.2) is 0 Å². The number of anilines is 3. The molecular weight excluding hydrogens is 470 g/mol. The van der Waals surface area contributed by atoms with Gasteiger partial charge in [0.1, 0.15) is 13.1 Å². The van der Waals surface area contributed by atoms with Crippen molar-refractivity contribution in [2.24, 2.45) is 22.0 Å². The topological polar surface area (TPSA) is 181 Å². The summed E-state index contributed by atoms with van der Waals surface area (Å²) in [4.78, 5) is 44.9. The second-order valence-corrected chi connectivity index (χ2v) is 7.72. The van der Waals surface area contributed by atoms with Gasteiger partial charge in [-0.05, 0) is 42.3 Å². The van der Waals surface area contributed by atoms with Gasteiger partial charge in [0.05, 0.1) is 21.9 Å². The first-order chi connectivity index (χ1) is 17.0. The lowest BCUT2D eigenvalue weighted by atomic mass is 10.1. The number of rotatable bonds is 13. The molecule has 5 N–H and O–H groups in total. The number of hydrogen-bond acceptors (Lipinski definition) is 10. The number of hydrogen-bond donors (Lipinski definition) is 3. The fourth-order valence-electron chi connectivity index (χ4n) is 3.04. The maximum Gasteiger partial charge on any atom is 0.241 e. The van der Waals surface area contributed by atoms with Gasteiger partial charge in [-0.15, -0.1) is 9.81 Å². The summed E-state index contributed by atoms with van der Waals surface area (Å²) < 4.78 is 0. The predicted molar refractivity (Wildman–Crippen MR) is 138 cm³/mol. The summed E-state index contributed by atoms with van der Waals surface area (Å²) in [6.07, 6.45) is 0.448. The molecular formula is C22H33N9O5. The molecule has 2 aromatic rings. The first kappa shape index (κ1) is 29.6. The van der Waals surface area contributed by atoms with Crippen LogP contribution >= 0.6 is 0 Å². The molecule has 0 bridgehead atoms. The summed E-state index contributed by atoms with van der Waals surface area (Å²) in [6.45, 7) is -0.557. The minimum atomic E-state index is -0.652. The van der Waals surface area contributed by atoms with E-state index >= 15 is 0 Å². The summed E-state index contributed by atoms with van der Waals surface area (Å²) >= 11 is 0. The highest BCUT2D eigenvalue weighted by Crippen LogP contribution is 2.21. The number of amides is 2. The van der Waals surface area contributed by atoms with E-state index in [1.165, 1.54) is 10.0 Å².